The molecule has 16 heteroatoms. The Bertz CT molecular complexity index is 3010. The van der Waals surface area contributed by atoms with Crippen LogP contribution >= 0.6 is 61.7 Å². The molecule has 0 amide bonds. The number of rotatable bonds is 7. The lowest BCUT2D eigenvalue weighted by Crippen LogP contribution is -2.36. The average molecular weight is 1090 g/mol. The molecule has 5 heterocycles. The van der Waals surface area contributed by atoms with Crippen molar-refractivity contribution in [3.8, 4) is 47.0 Å². The van der Waals surface area contributed by atoms with Gasteiger partial charge in [-0.05, 0) is 120 Å². The minimum Gasteiger partial charge on any atom is -0.379 e. The molecule has 65 heavy (non-hydrogen) atoms. The van der Waals surface area contributed by atoms with Crippen LogP contribution in [0.1, 0.15) is 13.0 Å². The van der Waals surface area contributed by atoms with Crippen molar-refractivity contribution >= 4 is 107 Å². The maximum absolute atomic E-state index is 13.7. The van der Waals surface area contributed by atoms with Crippen LogP contribution < -0.4 is 10.6 Å². The molecule has 4 aromatic heterocycles. The molecule has 4 aromatic carbocycles. The van der Waals surface area contributed by atoms with Crippen LogP contribution in [0.4, 0.5) is 31.8 Å². The van der Waals surface area contributed by atoms with Crippen molar-refractivity contribution in [2.45, 2.75) is 7.43 Å². The summed E-state index contributed by atoms with van der Waals surface area (Å²) in [5.74, 6) is 10.2. The smallest absolute Gasteiger partial charge is 0.163 e. The molecule has 1 fully saturated rings. The van der Waals surface area contributed by atoms with Crippen molar-refractivity contribution in [3.05, 3.63) is 153 Å². The molecule has 2 N–H and O–H groups in total. The number of hydrogen-bond acceptors (Lipinski definition) is 10. The number of nitrogens with one attached hydrogen (secondary N) is 2. The van der Waals surface area contributed by atoms with E-state index in [-0.39, 0.29) is 17.5 Å². The second-order valence-electron chi connectivity index (χ2n) is 13.7. The van der Waals surface area contributed by atoms with Crippen molar-refractivity contribution in [1.82, 2.24) is 34.8 Å². The molecule has 8 aromatic rings. The number of aromatic nitrogens is 6. The fourth-order valence-electron chi connectivity index (χ4n) is 6.18. The average Bonchev–Trinajstić information content (AvgIpc) is 3.32. The van der Waals surface area contributed by atoms with Gasteiger partial charge in [0, 0.05) is 80.3 Å². The van der Waals surface area contributed by atoms with E-state index in [2.05, 4.69) is 91.8 Å². The number of fused-ring (bicyclic) bond motifs is 2. The van der Waals surface area contributed by atoms with Crippen LogP contribution in [0.15, 0.2) is 122 Å². The van der Waals surface area contributed by atoms with Crippen LogP contribution in [-0.4, -0.2) is 73.0 Å². The molecule has 1 saturated heterocycles. The Hall–Kier alpha value is -5.85. The van der Waals surface area contributed by atoms with Crippen molar-refractivity contribution in [2.24, 2.45) is 0 Å². The standard InChI is InChI=1S/C26H21ClFN5O.C19H11ClFIN4.C3H3Br.CH4/c27-22-16-20(6-7-23(22)28)30-26-21-15-18(3-2-10-33-11-13-34-14-12-33)5-8-24(21)31-25(32-26)19-4-1-9-29-17-19;20-15-9-13(4-5-16(15)21)24-19-14-8-12(22)3-6-17(14)25-18(26-19)11-2-1-7-23-10-11;1-2-3-4;/h1,4-9,15-17H,10-14H2,(H,30,31,32);1-10H,(H,24,25,26);1H,3H2;1H4. The third-order valence-electron chi connectivity index (χ3n) is 9.27. The molecule has 0 bridgehead atoms. The second-order valence-corrected chi connectivity index (χ2v) is 16.3. The van der Waals surface area contributed by atoms with E-state index in [1.165, 1.54) is 24.3 Å². The number of pyridine rings is 2. The molecule has 9 rings (SSSR count). The first-order valence-corrected chi connectivity index (χ1v) is 22.5. The van der Waals surface area contributed by atoms with E-state index >= 15 is 0 Å². The lowest BCUT2D eigenvalue weighted by molar-refractivity contribution is 0.0443. The summed E-state index contributed by atoms with van der Waals surface area (Å²) in [7, 11) is 0. The lowest BCUT2D eigenvalue weighted by atomic mass is 10.1. The number of terminal acetylenes is 1. The molecule has 0 spiro atoms. The van der Waals surface area contributed by atoms with Crippen LogP contribution in [0.2, 0.25) is 10.0 Å². The van der Waals surface area contributed by atoms with E-state index in [1.54, 1.807) is 36.9 Å². The number of halogens is 6. The molecule has 0 atom stereocenters. The number of benzene rings is 4. The molecular weight excluding hydrogens is 1050 g/mol. The summed E-state index contributed by atoms with van der Waals surface area (Å²) in [6, 6.07) is 28.2. The summed E-state index contributed by atoms with van der Waals surface area (Å²) in [6.45, 7) is 3.97. The maximum atomic E-state index is 13.7. The first-order valence-electron chi connectivity index (χ1n) is 19.5. The number of hydrogen-bond donors (Lipinski definition) is 2. The second kappa shape index (κ2) is 23.9. The Morgan fingerprint density at radius 2 is 1.25 bits per heavy atom. The van der Waals surface area contributed by atoms with Crippen LogP contribution in [0, 0.1) is 39.4 Å². The molecule has 0 aliphatic carbocycles. The van der Waals surface area contributed by atoms with E-state index < -0.39 is 11.6 Å². The summed E-state index contributed by atoms with van der Waals surface area (Å²) in [6.07, 6.45) is 11.6. The third kappa shape index (κ3) is 13.4. The van der Waals surface area contributed by atoms with Gasteiger partial charge in [-0.1, -0.05) is 64.3 Å². The van der Waals surface area contributed by atoms with Gasteiger partial charge in [0.2, 0.25) is 0 Å². The fraction of sp³-hybridized carbons (Fsp3) is 0.143. The monoisotopic (exact) mass is 1080 g/mol. The van der Waals surface area contributed by atoms with E-state index in [0.717, 1.165) is 68.4 Å². The van der Waals surface area contributed by atoms with E-state index in [1.807, 2.05) is 60.7 Å². The van der Waals surface area contributed by atoms with Gasteiger partial charge in [-0.25, -0.2) is 28.7 Å². The van der Waals surface area contributed by atoms with Crippen molar-refractivity contribution in [2.75, 3.05) is 48.8 Å². The zero-order valence-electron chi connectivity index (χ0n) is 33.7. The zero-order valence-corrected chi connectivity index (χ0v) is 38.9. The molecule has 1 aliphatic rings. The molecule has 10 nitrogen and oxygen atoms in total. The Morgan fingerprint density at radius 1 is 0.723 bits per heavy atom. The van der Waals surface area contributed by atoms with Gasteiger partial charge in [0.25, 0.3) is 0 Å². The van der Waals surface area contributed by atoms with Crippen LogP contribution in [0.3, 0.4) is 0 Å². The number of morpholine rings is 1. The number of anilines is 4. The topological polar surface area (TPSA) is 114 Å². The lowest BCUT2D eigenvalue weighted by Gasteiger charge is -2.24. The SMILES string of the molecule is C.C#CCBr.Fc1ccc(Nc2nc(-c3cccnc3)nc3ccc(C#CCN4CCOCC4)cc23)cc1Cl.Fc1ccc(Nc2nc(-c3cccnc3)nc3ccc(I)cc23)cc1Cl. The minimum absolute atomic E-state index is 0. The summed E-state index contributed by atoms with van der Waals surface area (Å²) in [5.41, 5.74) is 5.28. The number of alkyl halides is 1. The van der Waals surface area contributed by atoms with Gasteiger partial charge in [0.1, 0.15) is 23.3 Å². The van der Waals surface area contributed by atoms with E-state index in [9.17, 15) is 8.78 Å². The van der Waals surface area contributed by atoms with Crippen molar-refractivity contribution in [1.29, 1.82) is 0 Å². The van der Waals surface area contributed by atoms with E-state index in [4.69, 9.17) is 44.3 Å². The van der Waals surface area contributed by atoms with Gasteiger partial charge in [-0.2, -0.15) is 0 Å². The Morgan fingerprint density at radius 3 is 1.74 bits per heavy atom. The predicted octanol–water partition coefficient (Wildman–Crippen LogP) is 12.4. The molecule has 328 valence electrons. The van der Waals surface area contributed by atoms with Gasteiger partial charge >= 0.3 is 0 Å². The summed E-state index contributed by atoms with van der Waals surface area (Å²) >= 11 is 17.1. The first kappa shape index (κ1) is 48.6. The Labute approximate surface area is 407 Å². The minimum atomic E-state index is -0.478. The third-order valence-corrected chi connectivity index (χ3v) is 10.8. The van der Waals surface area contributed by atoms with Gasteiger partial charge < -0.3 is 15.4 Å². The highest BCUT2D eigenvalue weighted by molar-refractivity contribution is 14.1. The van der Waals surface area contributed by atoms with Crippen LogP contribution in [-0.2, 0) is 4.74 Å². The maximum Gasteiger partial charge on any atom is 0.163 e. The number of nitrogens with zero attached hydrogens (tertiary/aromatic N) is 7. The van der Waals surface area contributed by atoms with Crippen LogP contribution in [0.5, 0.6) is 0 Å². The summed E-state index contributed by atoms with van der Waals surface area (Å²) < 4.78 is 33.5. The summed E-state index contributed by atoms with van der Waals surface area (Å²) in [5, 5.41) is 8.90. The van der Waals surface area contributed by atoms with Crippen LogP contribution in [0.25, 0.3) is 44.6 Å². The van der Waals surface area contributed by atoms with Crippen molar-refractivity contribution < 1.29 is 13.5 Å². The first-order chi connectivity index (χ1) is 31.2. The molecule has 1 aliphatic heterocycles. The highest BCUT2D eigenvalue weighted by Crippen LogP contribution is 2.31. The Balaban J connectivity index is 0.000000202. The van der Waals surface area contributed by atoms with Gasteiger partial charge in [-0.3, -0.25) is 14.9 Å². The fourth-order valence-corrected chi connectivity index (χ4v) is 7.03. The number of ether oxygens (including phenoxy) is 1. The molecular formula is C49H39BrCl2F2IN9O. The van der Waals surface area contributed by atoms with Gasteiger partial charge in [0.05, 0.1) is 46.2 Å². The van der Waals surface area contributed by atoms with Gasteiger partial charge in [0.15, 0.2) is 11.6 Å². The molecule has 0 saturated carbocycles. The predicted molar refractivity (Wildman–Crippen MR) is 271 cm³/mol. The molecule has 0 radical (unpaired) electrons. The highest BCUT2D eigenvalue weighted by atomic mass is 127. The zero-order chi connectivity index (χ0) is 44.8. The highest BCUT2D eigenvalue weighted by Gasteiger charge is 2.14. The van der Waals surface area contributed by atoms with Gasteiger partial charge in [-0.15, -0.1) is 6.42 Å². The Kier molecular flexibility index (Phi) is 17.9. The largest absolute Gasteiger partial charge is 0.379 e. The normalized spacial score (nSPS) is 12.0. The summed E-state index contributed by atoms with van der Waals surface area (Å²) in [4.78, 5) is 29.3. The van der Waals surface area contributed by atoms with E-state index in [0.29, 0.717) is 46.5 Å². The van der Waals surface area contributed by atoms with Crippen molar-refractivity contribution in [3.63, 3.8) is 0 Å². The molecule has 0 unspecified atom stereocenters. The quantitative estimate of drug-likeness (QED) is 0.0908.